The number of nitrogens with two attached hydrogens (primary N) is 1. The van der Waals surface area contributed by atoms with Crippen molar-refractivity contribution in [2.24, 2.45) is 11.8 Å². The molecular formula is C13H20BrN3O2S. The zero-order chi connectivity index (χ0) is 14.8. The van der Waals surface area contributed by atoms with Crippen LogP contribution in [0.5, 0.6) is 0 Å². The minimum absolute atomic E-state index is 0.0259. The fourth-order valence-electron chi connectivity index (χ4n) is 2.49. The van der Waals surface area contributed by atoms with E-state index in [0.717, 1.165) is 18.8 Å². The van der Waals surface area contributed by atoms with Gasteiger partial charge in [-0.15, -0.1) is 0 Å². The molecule has 112 valence electrons. The van der Waals surface area contributed by atoms with Gasteiger partial charge in [-0.1, -0.05) is 19.8 Å². The molecule has 20 heavy (non-hydrogen) atoms. The predicted molar refractivity (Wildman–Crippen MR) is 82.7 cm³/mol. The van der Waals surface area contributed by atoms with Gasteiger partial charge in [-0.25, -0.2) is 18.1 Å². The Morgan fingerprint density at radius 1 is 1.40 bits per heavy atom. The predicted octanol–water partition coefficient (Wildman–Crippen LogP) is 2.53. The lowest BCUT2D eigenvalue weighted by atomic mass is 9.83. The van der Waals surface area contributed by atoms with Crippen molar-refractivity contribution in [2.75, 3.05) is 12.3 Å². The van der Waals surface area contributed by atoms with Gasteiger partial charge in [-0.05, 0) is 46.7 Å². The minimum atomic E-state index is -3.59. The molecule has 0 unspecified atom stereocenters. The Balaban J connectivity index is 2.02. The summed E-state index contributed by atoms with van der Waals surface area (Å²) in [5, 5.41) is 0. The average molecular weight is 362 g/mol. The number of anilines is 1. The Kier molecular flexibility index (Phi) is 5.04. The number of sulfonamides is 1. The van der Waals surface area contributed by atoms with Crippen molar-refractivity contribution in [1.29, 1.82) is 0 Å². The van der Waals surface area contributed by atoms with Gasteiger partial charge in [0, 0.05) is 17.2 Å². The van der Waals surface area contributed by atoms with Crippen molar-refractivity contribution in [3.05, 3.63) is 16.7 Å². The van der Waals surface area contributed by atoms with Gasteiger partial charge < -0.3 is 5.73 Å². The Morgan fingerprint density at radius 2 is 2.05 bits per heavy atom. The topological polar surface area (TPSA) is 85.1 Å². The first-order valence-electron chi connectivity index (χ1n) is 6.79. The summed E-state index contributed by atoms with van der Waals surface area (Å²) in [6.07, 6.45) is 5.99. The second kappa shape index (κ2) is 6.41. The van der Waals surface area contributed by atoms with Crippen LogP contribution in [0.4, 0.5) is 5.82 Å². The molecular weight excluding hydrogens is 342 g/mol. The van der Waals surface area contributed by atoms with E-state index in [0.29, 0.717) is 16.9 Å². The van der Waals surface area contributed by atoms with Gasteiger partial charge >= 0.3 is 0 Å². The van der Waals surface area contributed by atoms with Gasteiger partial charge in [0.05, 0.1) is 0 Å². The molecule has 0 spiro atoms. The molecule has 1 aromatic heterocycles. The highest BCUT2D eigenvalue weighted by atomic mass is 79.9. The number of pyridine rings is 1. The molecule has 0 atom stereocenters. The van der Waals surface area contributed by atoms with E-state index in [1.165, 1.54) is 25.1 Å². The lowest BCUT2D eigenvalue weighted by Crippen LogP contribution is -2.31. The molecule has 2 rings (SSSR count). The highest BCUT2D eigenvalue weighted by Gasteiger charge is 2.23. The van der Waals surface area contributed by atoms with E-state index in [1.54, 1.807) is 0 Å². The molecule has 0 aliphatic heterocycles. The molecule has 0 aromatic carbocycles. The van der Waals surface area contributed by atoms with Crippen molar-refractivity contribution in [1.82, 2.24) is 9.71 Å². The third-order valence-electron chi connectivity index (χ3n) is 3.84. The van der Waals surface area contributed by atoms with Crippen LogP contribution >= 0.6 is 15.9 Å². The maximum Gasteiger partial charge on any atom is 0.244 e. The van der Waals surface area contributed by atoms with E-state index in [9.17, 15) is 8.42 Å². The summed E-state index contributed by atoms with van der Waals surface area (Å²) < 4.78 is 27.8. The van der Waals surface area contributed by atoms with Crippen LogP contribution in [0.2, 0.25) is 0 Å². The van der Waals surface area contributed by atoms with Gasteiger partial charge in [0.2, 0.25) is 10.0 Å². The Hall–Kier alpha value is -0.660. The maximum absolute atomic E-state index is 12.3. The largest absolute Gasteiger partial charge is 0.383 e. The van der Waals surface area contributed by atoms with Crippen molar-refractivity contribution in [3.63, 3.8) is 0 Å². The number of rotatable bonds is 4. The minimum Gasteiger partial charge on any atom is -0.383 e. The SMILES string of the molecule is CC1CCC(CNS(=O)(=O)c2cc(Br)cnc2N)CC1. The number of nitrogens with one attached hydrogen (secondary N) is 1. The van der Waals surface area contributed by atoms with Gasteiger partial charge in [-0.2, -0.15) is 0 Å². The summed E-state index contributed by atoms with van der Waals surface area (Å²) in [4.78, 5) is 3.90. The van der Waals surface area contributed by atoms with E-state index in [-0.39, 0.29) is 10.7 Å². The van der Waals surface area contributed by atoms with E-state index in [2.05, 4.69) is 32.6 Å². The van der Waals surface area contributed by atoms with Crippen LogP contribution in [-0.4, -0.2) is 19.9 Å². The molecule has 5 nitrogen and oxygen atoms in total. The number of aromatic nitrogens is 1. The van der Waals surface area contributed by atoms with E-state index in [1.807, 2.05) is 0 Å². The van der Waals surface area contributed by atoms with Crippen LogP contribution in [0, 0.1) is 11.8 Å². The van der Waals surface area contributed by atoms with E-state index >= 15 is 0 Å². The molecule has 1 aliphatic rings. The third-order valence-corrected chi connectivity index (χ3v) is 5.72. The first-order valence-corrected chi connectivity index (χ1v) is 9.07. The Bertz CT molecular complexity index is 569. The van der Waals surface area contributed by atoms with Gasteiger partial charge in [-0.3, -0.25) is 0 Å². The molecule has 3 N–H and O–H groups in total. The van der Waals surface area contributed by atoms with E-state index in [4.69, 9.17) is 5.73 Å². The molecule has 1 heterocycles. The maximum atomic E-state index is 12.3. The summed E-state index contributed by atoms with van der Waals surface area (Å²) in [7, 11) is -3.59. The second-order valence-electron chi connectivity index (χ2n) is 5.51. The summed E-state index contributed by atoms with van der Waals surface area (Å²) in [5.41, 5.74) is 5.65. The number of hydrogen-bond acceptors (Lipinski definition) is 4. The summed E-state index contributed by atoms with van der Waals surface area (Å²) in [6, 6.07) is 1.48. The standard InChI is InChI=1S/C13H20BrN3O2S/c1-9-2-4-10(5-3-9)7-17-20(18,19)12-6-11(14)8-16-13(12)15/h6,8-10,17H,2-5,7H2,1H3,(H2,15,16). The first kappa shape index (κ1) is 15.7. The number of nitrogens with zero attached hydrogens (tertiary/aromatic N) is 1. The zero-order valence-corrected chi connectivity index (χ0v) is 13.9. The van der Waals surface area contributed by atoms with Gasteiger partial charge in [0.25, 0.3) is 0 Å². The molecule has 0 amide bonds. The van der Waals surface area contributed by atoms with Crippen molar-refractivity contribution >= 4 is 31.8 Å². The quantitative estimate of drug-likeness (QED) is 0.862. The van der Waals surface area contributed by atoms with Crippen LogP contribution in [0.25, 0.3) is 0 Å². The monoisotopic (exact) mass is 361 g/mol. The molecule has 1 aromatic rings. The molecule has 1 saturated carbocycles. The number of nitrogen functional groups attached to an aromatic ring is 1. The fourth-order valence-corrected chi connectivity index (χ4v) is 4.19. The van der Waals surface area contributed by atoms with Crippen molar-refractivity contribution in [2.45, 2.75) is 37.5 Å². The highest BCUT2D eigenvalue weighted by Crippen LogP contribution is 2.28. The Labute approximate surface area is 128 Å². The van der Waals surface area contributed by atoms with Crippen molar-refractivity contribution in [3.8, 4) is 0 Å². The smallest absolute Gasteiger partial charge is 0.244 e. The van der Waals surface area contributed by atoms with Gasteiger partial charge in [0.1, 0.15) is 10.7 Å². The number of halogens is 1. The van der Waals surface area contributed by atoms with Crippen LogP contribution in [0.1, 0.15) is 32.6 Å². The van der Waals surface area contributed by atoms with E-state index < -0.39 is 10.0 Å². The van der Waals surface area contributed by atoms with Crippen LogP contribution < -0.4 is 10.5 Å². The lowest BCUT2D eigenvalue weighted by Gasteiger charge is -2.26. The number of hydrogen-bond donors (Lipinski definition) is 2. The van der Waals surface area contributed by atoms with Crippen molar-refractivity contribution < 1.29 is 8.42 Å². The summed E-state index contributed by atoms with van der Waals surface area (Å²) in [6.45, 7) is 2.72. The van der Waals surface area contributed by atoms with Gasteiger partial charge in [0.15, 0.2) is 0 Å². The van der Waals surface area contributed by atoms with Crippen LogP contribution in [-0.2, 0) is 10.0 Å². The highest BCUT2D eigenvalue weighted by molar-refractivity contribution is 9.10. The average Bonchev–Trinajstić information content (AvgIpc) is 2.41. The summed E-state index contributed by atoms with van der Waals surface area (Å²) in [5.74, 6) is 1.20. The zero-order valence-electron chi connectivity index (χ0n) is 11.5. The molecule has 0 bridgehead atoms. The molecule has 1 aliphatic carbocycles. The fraction of sp³-hybridized carbons (Fsp3) is 0.615. The second-order valence-corrected chi connectivity index (χ2v) is 8.17. The molecule has 7 heteroatoms. The molecule has 0 radical (unpaired) electrons. The van der Waals surface area contributed by atoms with Crippen LogP contribution in [0.3, 0.4) is 0 Å². The molecule has 1 fully saturated rings. The molecule has 0 saturated heterocycles. The summed E-state index contributed by atoms with van der Waals surface area (Å²) >= 11 is 3.21. The third kappa shape index (κ3) is 3.93. The van der Waals surface area contributed by atoms with Crippen LogP contribution in [0.15, 0.2) is 21.6 Å². The normalized spacial score (nSPS) is 23.7. The lowest BCUT2D eigenvalue weighted by molar-refractivity contribution is 0.290. The Morgan fingerprint density at radius 3 is 2.70 bits per heavy atom. The first-order chi connectivity index (χ1) is 9.38.